The van der Waals surface area contributed by atoms with Gasteiger partial charge in [0.15, 0.2) is 0 Å². The number of aromatic nitrogens is 2. The van der Waals surface area contributed by atoms with Gasteiger partial charge in [0, 0.05) is 11.6 Å². The van der Waals surface area contributed by atoms with Crippen molar-refractivity contribution >= 4 is 6.08 Å². The summed E-state index contributed by atoms with van der Waals surface area (Å²) in [6.45, 7) is 0. The van der Waals surface area contributed by atoms with E-state index in [0.717, 1.165) is 23.2 Å². The molecule has 1 radical (unpaired) electrons. The largest absolute Gasteiger partial charge is 0.158 e. The predicted octanol–water partition coefficient (Wildman–Crippen LogP) is 2.51. The standard InChI is InChI=1S/C13H9N2/c1-2-7-12-10(4-1)5-3-6-11-8-9-14-15-13(11)12/h1-5,7,9H,6H2. The highest BCUT2D eigenvalue weighted by Crippen LogP contribution is 2.28. The fourth-order valence-electron chi connectivity index (χ4n) is 1.86. The molecule has 0 atom stereocenters. The number of nitrogens with zero attached hydrogens (tertiary/aromatic N) is 2. The van der Waals surface area contributed by atoms with Gasteiger partial charge in [-0.25, -0.2) is 0 Å². The zero-order chi connectivity index (χ0) is 10.1. The Kier molecular flexibility index (Phi) is 1.85. The lowest BCUT2D eigenvalue weighted by Gasteiger charge is -2.05. The normalized spacial score (nSPS) is 12.8. The second-order valence-corrected chi connectivity index (χ2v) is 3.51. The van der Waals surface area contributed by atoms with Crippen LogP contribution in [0.5, 0.6) is 0 Å². The number of hydrogen-bond acceptors (Lipinski definition) is 2. The quantitative estimate of drug-likeness (QED) is 0.642. The van der Waals surface area contributed by atoms with Crippen LogP contribution >= 0.6 is 0 Å². The molecule has 0 saturated heterocycles. The summed E-state index contributed by atoms with van der Waals surface area (Å²) in [5, 5.41) is 8.10. The average Bonchev–Trinajstić information content (AvgIpc) is 2.48. The molecule has 0 spiro atoms. The van der Waals surface area contributed by atoms with E-state index in [0.29, 0.717) is 0 Å². The van der Waals surface area contributed by atoms with Gasteiger partial charge in [0.2, 0.25) is 0 Å². The van der Waals surface area contributed by atoms with E-state index in [1.165, 1.54) is 5.56 Å². The van der Waals surface area contributed by atoms with Crippen molar-refractivity contribution in [2.45, 2.75) is 6.42 Å². The highest BCUT2D eigenvalue weighted by Gasteiger charge is 2.11. The van der Waals surface area contributed by atoms with Gasteiger partial charge in [-0.3, -0.25) is 0 Å². The highest BCUT2D eigenvalue weighted by molar-refractivity contribution is 5.76. The van der Waals surface area contributed by atoms with Gasteiger partial charge in [-0.2, -0.15) is 10.2 Å². The minimum atomic E-state index is 0.875. The van der Waals surface area contributed by atoms with Crippen molar-refractivity contribution in [2.75, 3.05) is 0 Å². The van der Waals surface area contributed by atoms with Crippen LogP contribution in [-0.2, 0) is 6.42 Å². The Balaban J connectivity index is 2.33. The molecule has 0 aliphatic heterocycles. The SMILES string of the molecule is [c]1cnnc2c1CC=Cc1ccccc1-2. The van der Waals surface area contributed by atoms with E-state index in [1.807, 2.05) is 12.1 Å². The van der Waals surface area contributed by atoms with Gasteiger partial charge in [0.1, 0.15) is 0 Å². The average molecular weight is 193 g/mol. The molecule has 2 heteroatoms. The zero-order valence-corrected chi connectivity index (χ0v) is 8.14. The molecule has 0 bridgehead atoms. The first kappa shape index (κ1) is 8.36. The molecule has 1 aliphatic carbocycles. The summed E-state index contributed by atoms with van der Waals surface area (Å²) in [6, 6.07) is 11.4. The van der Waals surface area contributed by atoms with Crippen LogP contribution in [0, 0.1) is 6.07 Å². The van der Waals surface area contributed by atoms with Crippen LogP contribution < -0.4 is 0 Å². The maximum atomic E-state index is 4.20. The highest BCUT2D eigenvalue weighted by atomic mass is 15.1. The predicted molar refractivity (Wildman–Crippen MR) is 59.0 cm³/mol. The summed E-state index contributed by atoms with van der Waals surface area (Å²) < 4.78 is 0. The first-order chi connectivity index (χ1) is 7.45. The van der Waals surface area contributed by atoms with Crippen molar-refractivity contribution in [3.8, 4) is 11.3 Å². The van der Waals surface area contributed by atoms with Crippen molar-refractivity contribution in [3.63, 3.8) is 0 Å². The Morgan fingerprint density at radius 1 is 1.20 bits per heavy atom. The van der Waals surface area contributed by atoms with Crippen LogP contribution in [0.15, 0.2) is 36.5 Å². The molecule has 1 heterocycles. The van der Waals surface area contributed by atoms with Gasteiger partial charge in [-0.05, 0) is 17.5 Å². The van der Waals surface area contributed by atoms with Crippen molar-refractivity contribution in [1.82, 2.24) is 10.2 Å². The second-order valence-electron chi connectivity index (χ2n) is 3.51. The summed E-state index contributed by atoms with van der Waals surface area (Å²) in [4.78, 5) is 0. The van der Waals surface area contributed by atoms with E-state index in [1.54, 1.807) is 6.20 Å². The van der Waals surface area contributed by atoms with Crippen LogP contribution in [0.2, 0.25) is 0 Å². The van der Waals surface area contributed by atoms with E-state index in [9.17, 15) is 0 Å². The molecule has 0 fully saturated rings. The Morgan fingerprint density at radius 3 is 3.13 bits per heavy atom. The van der Waals surface area contributed by atoms with Crippen molar-refractivity contribution < 1.29 is 0 Å². The van der Waals surface area contributed by atoms with Crippen LogP contribution in [0.4, 0.5) is 0 Å². The summed E-state index contributed by atoms with van der Waals surface area (Å²) in [6.07, 6.45) is 6.77. The fourth-order valence-corrected chi connectivity index (χ4v) is 1.86. The van der Waals surface area contributed by atoms with Gasteiger partial charge >= 0.3 is 0 Å². The van der Waals surface area contributed by atoms with Crippen molar-refractivity contribution in [1.29, 1.82) is 0 Å². The van der Waals surface area contributed by atoms with Crippen molar-refractivity contribution in [2.24, 2.45) is 0 Å². The summed E-state index contributed by atoms with van der Waals surface area (Å²) >= 11 is 0. The minimum absolute atomic E-state index is 0.875. The molecule has 0 saturated carbocycles. The number of rotatable bonds is 0. The number of benzene rings is 1. The topological polar surface area (TPSA) is 25.8 Å². The lowest BCUT2D eigenvalue weighted by molar-refractivity contribution is 1.01. The van der Waals surface area contributed by atoms with E-state index in [2.05, 4.69) is 40.5 Å². The third kappa shape index (κ3) is 1.34. The lowest BCUT2D eigenvalue weighted by atomic mass is 10.0. The number of allylic oxidation sites excluding steroid dienone is 1. The summed E-state index contributed by atoms with van der Waals surface area (Å²) in [5.41, 5.74) is 4.42. The molecule has 1 aromatic heterocycles. The second kappa shape index (κ2) is 3.31. The maximum Gasteiger partial charge on any atom is 0.0976 e. The smallest absolute Gasteiger partial charge is 0.0976 e. The Bertz CT molecular complexity index is 530. The van der Waals surface area contributed by atoms with Crippen LogP contribution in [-0.4, -0.2) is 10.2 Å². The molecule has 2 aromatic rings. The van der Waals surface area contributed by atoms with E-state index >= 15 is 0 Å². The third-order valence-corrected chi connectivity index (χ3v) is 2.58. The molecular weight excluding hydrogens is 184 g/mol. The molecule has 0 amide bonds. The maximum absolute atomic E-state index is 4.20. The van der Waals surface area contributed by atoms with Crippen LogP contribution in [0.1, 0.15) is 11.1 Å². The Morgan fingerprint density at radius 2 is 2.13 bits per heavy atom. The third-order valence-electron chi connectivity index (χ3n) is 2.58. The van der Waals surface area contributed by atoms with Crippen molar-refractivity contribution in [3.05, 3.63) is 53.7 Å². The summed E-state index contributed by atoms with van der Waals surface area (Å²) in [5.74, 6) is 0. The van der Waals surface area contributed by atoms with E-state index in [-0.39, 0.29) is 0 Å². The first-order valence-corrected chi connectivity index (χ1v) is 4.93. The van der Waals surface area contributed by atoms with Gasteiger partial charge in [0.25, 0.3) is 0 Å². The van der Waals surface area contributed by atoms with Crippen LogP contribution in [0.3, 0.4) is 0 Å². The number of hydrogen-bond donors (Lipinski definition) is 0. The molecule has 15 heavy (non-hydrogen) atoms. The molecule has 1 aliphatic rings. The molecule has 1 aromatic carbocycles. The molecule has 2 nitrogen and oxygen atoms in total. The summed E-state index contributed by atoms with van der Waals surface area (Å²) in [7, 11) is 0. The van der Waals surface area contributed by atoms with E-state index < -0.39 is 0 Å². The van der Waals surface area contributed by atoms with E-state index in [4.69, 9.17) is 0 Å². The lowest BCUT2D eigenvalue weighted by Crippen LogP contribution is -1.94. The minimum Gasteiger partial charge on any atom is -0.158 e. The van der Waals surface area contributed by atoms with Gasteiger partial charge in [0.05, 0.1) is 11.9 Å². The molecule has 0 unspecified atom stereocenters. The Labute approximate surface area is 88.3 Å². The zero-order valence-electron chi connectivity index (χ0n) is 8.14. The van der Waals surface area contributed by atoms with Gasteiger partial charge in [-0.15, -0.1) is 0 Å². The number of fused-ring (bicyclic) bond motifs is 3. The molecule has 71 valence electrons. The first-order valence-electron chi connectivity index (χ1n) is 4.93. The molecular formula is C13H9N2. The monoisotopic (exact) mass is 193 g/mol. The van der Waals surface area contributed by atoms with Gasteiger partial charge in [-0.1, -0.05) is 36.4 Å². The van der Waals surface area contributed by atoms with Gasteiger partial charge < -0.3 is 0 Å². The molecule has 0 N–H and O–H groups in total. The fraction of sp³-hybridized carbons (Fsp3) is 0.0769. The Hall–Kier alpha value is -1.96. The molecule has 3 rings (SSSR count). The van der Waals surface area contributed by atoms with Crippen LogP contribution in [0.25, 0.3) is 17.3 Å².